The van der Waals surface area contributed by atoms with E-state index in [0.717, 1.165) is 34.6 Å². The molecule has 5 nitrogen and oxygen atoms in total. The van der Waals surface area contributed by atoms with Gasteiger partial charge in [-0.25, -0.2) is 4.90 Å². The van der Waals surface area contributed by atoms with E-state index in [2.05, 4.69) is 24.3 Å². The van der Waals surface area contributed by atoms with Gasteiger partial charge in [-0.15, -0.1) is 0 Å². The molecular weight excluding hydrogens is 594 g/mol. The van der Waals surface area contributed by atoms with Crippen LogP contribution in [0.5, 0.6) is 5.75 Å². The van der Waals surface area contributed by atoms with E-state index in [1.165, 1.54) is 114 Å². The van der Waals surface area contributed by atoms with Gasteiger partial charge in [-0.3, -0.25) is 14.4 Å². The first kappa shape index (κ1) is 36.6. The van der Waals surface area contributed by atoms with E-state index in [0.29, 0.717) is 12.3 Å². The smallest absolute Gasteiger partial charge is 0.258 e. The predicted molar refractivity (Wildman–Crippen MR) is 197 cm³/mol. The molecule has 0 atom stereocenters. The Balaban J connectivity index is 0.877. The Morgan fingerprint density at radius 3 is 1.60 bits per heavy atom. The molecule has 0 aliphatic carbocycles. The van der Waals surface area contributed by atoms with E-state index in [1.807, 2.05) is 48.5 Å². The number of carbonyl (C=O) groups is 3. The summed E-state index contributed by atoms with van der Waals surface area (Å²) in [4.78, 5) is 37.0. The summed E-state index contributed by atoms with van der Waals surface area (Å²) in [6, 6.07) is 25.1. The minimum Gasteiger partial charge on any atom is -0.494 e. The first-order chi connectivity index (χ1) is 23.6. The van der Waals surface area contributed by atoms with Crippen molar-refractivity contribution >= 4 is 29.4 Å². The molecule has 3 aromatic carbocycles. The zero-order valence-electron chi connectivity index (χ0n) is 28.6. The van der Waals surface area contributed by atoms with Crippen molar-refractivity contribution in [2.45, 2.75) is 109 Å². The Hall–Kier alpha value is -4.25. The summed E-state index contributed by atoms with van der Waals surface area (Å²) < 4.78 is 5.83. The molecule has 0 spiro atoms. The van der Waals surface area contributed by atoms with E-state index >= 15 is 0 Å². The van der Waals surface area contributed by atoms with Gasteiger partial charge in [-0.1, -0.05) is 151 Å². The second-order valence-electron chi connectivity index (χ2n) is 12.9. The number of imide groups is 1. The van der Waals surface area contributed by atoms with Crippen LogP contribution in [0.15, 0.2) is 97.1 Å². The van der Waals surface area contributed by atoms with Gasteiger partial charge in [0.15, 0.2) is 5.78 Å². The van der Waals surface area contributed by atoms with E-state index in [1.54, 1.807) is 18.2 Å². The van der Waals surface area contributed by atoms with Gasteiger partial charge < -0.3 is 4.74 Å². The van der Waals surface area contributed by atoms with Crippen molar-refractivity contribution in [1.29, 1.82) is 0 Å². The summed E-state index contributed by atoms with van der Waals surface area (Å²) >= 11 is 0. The highest BCUT2D eigenvalue weighted by Crippen LogP contribution is 2.23. The zero-order chi connectivity index (χ0) is 33.7. The summed E-state index contributed by atoms with van der Waals surface area (Å²) in [5, 5.41) is 0. The second-order valence-corrected chi connectivity index (χ2v) is 12.9. The van der Waals surface area contributed by atoms with Crippen molar-refractivity contribution in [1.82, 2.24) is 0 Å². The number of benzene rings is 3. The molecule has 1 heterocycles. The number of hydrogen-bond donors (Lipinski definition) is 0. The quantitative estimate of drug-likeness (QED) is 0.0420. The summed E-state index contributed by atoms with van der Waals surface area (Å²) in [6.07, 6.45) is 28.3. The second kappa shape index (κ2) is 21.6. The number of nitrogens with zero attached hydrogens (tertiary/aromatic N) is 1. The monoisotopic (exact) mass is 647 g/mol. The van der Waals surface area contributed by atoms with Crippen LogP contribution in [0.4, 0.5) is 5.69 Å². The lowest BCUT2D eigenvalue weighted by atomic mass is 10.0. The Kier molecular flexibility index (Phi) is 16.5. The van der Waals surface area contributed by atoms with Gasteiger partial charge in [0.1, 0.15) is 5.75 Å². The van der Waals surface area contributed by atoms with E-state index in [-0.39, 0.29) is 17.6 Å². The number of carbonyl (C=O) groups excluding carboxylic acids is 3. The van der Waals surface area contributed by atoms with Gasteiger partial charge in [0.05, 0.1) is 12.3 Å². The van der Waals surface area contributed by atoms with Gasteiger partial charge >= 0.3 is 0 Å². The average Bonchev–Trinajstić information content (AvgIpc) is 3.46. The molecule has 1 aliphatic rings. The Bertz CT molecular complexity index is 1420. The molecule has 254 valence electrons. The Morgan fingerprint density at radius 2 is 1.06 bits per heavy atom. The van der Waals surface area contributed by atoms with Crippen LogP contribution in [0.2, 0.25) is 0 Å². The Morgan fingerprint density at radius 1 is 0.562 bits per heavy atom. The van der Waals surface area contributed by atoms with Gasteiger partial charge in [-0.2, -0.15) is 0 Å². The van der Waals surface area contributed by atoms with Crippen LogP contribution in [0, 0.1) is 0 Å². The number of anilines is 1. The molecule has 0 N–H and O–H groups in total. The minimum absolute atomic E-state index is 0.0392. The molecule has 0 fully saturated rings. The number of unbranched alkanes of at least 4 members (excludes halogenated alkanes) is 15. The normalized spacial score (nSPS) is 12.8. The van der Waals surface area contributed by atoms with Crippen LogP contribution < -0.4 is 9.64 Å². The van der Waals surface area contributed by atoms with Crippen molar-refractivity contribution in [3.8, 4) is 5.75 Å². The van der Waals surface area contributed by atoms with Crippen LogP contribution in [0.1, 0.15) is 124 Å². The van der Waals surface area contributed by atoms with Crippen LogP contribution in [0.25, 0.3) is 6.08 Å². The standard InChI is InChI=1S/C43H53NO4/c45-41(38-21-17-15-18-22-38)32-27-37-25-23-36(24-26-37)20-16-13-11-9-7-5-3-1-2-4-6-8-10-12-14-19-35-48-40-30-28-39(29-31-40)44-42(46)33-34-43(44)47/h15,17-18,21-34H,1-14,16,19-20,35H2. The SMILES string of the molecule is O=C(C=Cc1ccc(CCCCCCCCCCCCCCCCCCOc2ccc(N3C(=O)C=CC3=O)cc2)cc1)c1ccccc1. The molecular formula is C43H53NO4. The lowest BCUT2D eigenvalue weighted by molar-refractivity contribution is -0.119. The number of ether oxygens (including phenoxy) is 1. The number of hydrogen-bond acceptors (Lipinski definition) is 4. The maximum atomic E-state index is 12.2. The summed E-state index contributed by atoms with van der Waals surface area (Å²) in [5.41, 5.74) is 3.74. The van der Waals surface area contributed by atoms with Gasteiger partial charge in [0.2, 0.25) is 0 Å². The summed E-state index contributed by atoms with van der Waals surface area (Å²) in [5.74, 6) is 0.202. The average molecular weight is 648 g/mol. The number of aryl methyl sites for hydroxylation is 1. The fourth-order valence-electron chi connectivity index (χ4n) is 6.11. The maximum absolute atomic E-state index is 12.2. The lowest BCUT2D eigenvalue weighted by Crippen LogP contribution is -2.29. The number of rotatable bonds is 24. The number of amides is 2. The van der Waals surface area contributed by atoms with Crippen molar-refractivity contribution in [2.24, 2.45) is 0 Å². The largest absolute Gasteiger partial charge is 0.494 e. The van der Waals surface area contributed by atoms with E-state index < -0.39 is 0 Å². The van der Waals surface area contributed by atoms with Crippen molar-refractivity contribution in [3.63, 3.8) is 0 Å². The highest BCUT2D eigenvalue weighted by molar-refractivity contribution is 6.28. The lowest BCUT2D eigenvalue weighted by Gasteiger charge is -2.14. The highest BCUT2D eigenvalue weighted by atomic mass is 16.5. The third-order valence-corrected chi connectivity index (χ3v) is 9.00. The molecule has 4 rings (SSSR count). The fourth-order valence-corrected chi connectivity index (χ4v) is 6.11. The molecule has 0 aromatic heterocycles. The van der Waals surface area contributed by atoms with Crippen molar-refractivity contribution in [2.75, 3.05) is 11.5 Å². The predicted octanol–water partition coefficient (Wildman–Crippen LogP) is 10.9. The first-order valence-electron chi connectivity index (χ1n) is 18.3. The third kappa shape index (κ3) is 13.5. The molecule has 5 heteroatoms. The number of ketones is 1. The molecule has 1 aliphatic heterocycles. The van der Waals surface area contributed by atoms with Crippen LogP contribution in [-0.4, -0.2) is 24.2 Å². The highest BCUT2D eigenvalue weighted by Gasteiger charge is 2.24. The minimum atomic E-state index is -0.303. The van der Waals surface area contributed by atoms with Crippen molar-refractivity contribution in [3.05, 3.63) is 114 Å². The first-order valence-corrected chi connectivity index (χ1v) is 18.3. The van der Waals surface area contributed by atoms with E-state index in [9.17, 15) is 14.4 Å². The van der Waals surface area contributed by atoms with Gasteiger partial charge in [0.25, 0.3) is 11.8 Å². The molecule has 0 saturated heterocycles. The molecule has 3 aromatic rings. The Labute approximate surface area is 288 Å². The van der Waals surface area contributed by atoms with Gasteiger partial charge in [-0.05, 0) is 60.7 Å². The van der Waals surface area contributed by atoms with Crippen molar-refractivity contribution < 1.29 is 19.1 Å². The molecule has 0 bridgehead atoms. The molecule has 0 radical (unpaired) electrons. The van der Waals surface area contributed by atoms with Crippen LogP contribution in [-0.2, 0) is 16.0 Å². The fraction of sp³-hybridized carbons (Fsp3) is 0.419. The van der Waals surface area contributed by atoms with Gasteiger partial charge in [0, 0.05) is 17.7 Å². The van der Waals surface area contributed by atoms with Crippen LogP contribution >= 0.6 is 0 Å². The zero-order valence-corrected chi connectivity index (χ0v) is 28.6. The summed E-state index contributed by atoms with van der Waals surface area (Å²) in [6.45, 7) is 0.692. The number of allylic oxidation sites excluding steroid dienone is 1. The van der Waals surface area contributed by atoms with E-state index in [4.69, 9.17) is 4.74 Å². The van der Waals surface area contributed by atoms with Crippen LogP contribution in [0.3, 0.4) is 0 Å². The molecule has 0 unspecified atom stereocenters. The summed E-state index contributed by atoms with van der Waals surface area (Å²) in [7, 11) is 0. The molecule has 0 saturated carbocycles. The molecule has 2 amide bonds. The molecule has 48 heavy (non-hydrogen) atoms. The third-order valence-electron chi connectivity index (χ3n) is 9.00. The maximum Gasteiger partial charge on any atom is 0.258 e. The topological polar surface area (TPSA) is 63.7 Å².